The van der Waals surface area contributed by atoms with Crippen LogP contribution in [0.1, 0.15) is 22.2 Å². The van der Waals surface area contributed by atoms with E-state index in [1.807, 2.05) is 19.9 Å². The van der Waals surface area contributed by atoms with Gasteiger partial charge < -0.3 is 14.8 Å². The van der Waals surface area contributed by atoms with Crippen LogP contribution in [-0.2, 0) is 19.6 Å². The number of ether oxygens (including phenoxy) is 2. The number of carbonyl (C=O) groups is 2. The van der Waals surface area contributed by atoms with Gasteiger partial charge in [0.15, 0.2) is 0 Å². The van der Waals surface area contributed by atoms with Crippen LogP contribution >= 0.6 is 11.3 Å². The summed E-state index contributed by atoms with van der Waals surface area (Å²) in [6, 6.07) is 22.5. The summed E-state index contributed by atoms with van der Waals surface area (Å²) in [5.74, 6) is -0.677. The molecule has 0 spiro atoms. The maximum atomic E-state index is 14.3. The Kier molecular flexibility index (Phi) is 8.68. The average Bonchev–Trinajstić information content (AvgIpc) is 3.40. The molecule has 3 aromatic carbocycles. The van der Waals surface area contributed by atoms with Gasteiger partial charge in [-0.3, -0.25) is 9.10 Å². The fourth-order valence-electron chi connectivity index (χ4n) is 3.92. The molecule has 0 fully saturated rings. The van der Waals surface area contributed by atoms with Crippen molar-refractivity contribution in [2.24, 2.45) is 0 Å². The number of hydrogen-bond acceptors (Lipinski definition) is 7. The maximum Gasteiger partial charge on any atom is 0.349 e. The Hall–Kier alpha value is -4.15. The van der Waals surface area contributed by atoms with Gasteiger partial charge in [0.2, 0.25) is 5.91 Å². The summed E-state index contributed by atoms with van der Waals surface area (Å²) in [6.45, 7) is 3.74. The monoisotopic (exact) mass is 564 g/mol. The van der Waals surface area contributed by atoms with Crippen molar-refractivity contribution in [3.63, 3.8) is 0 Å². The zero-order chi connectivity index (χ0) is 28.0. The SMILES string of the molecule is CCOc1ccc(NC(=O)CN(c2ccc(C)cc2)S(=O)(=O)c2c(-c3ccccc3)csc2C(=O)OC)cc1. The largest absolute Gasteiger partial charge is 0.494 e. The molecule has 1 heterocycles. The Bertz CT molecular complexity index is 1550. The molecule has 0 unspecified atom stereocenters. The van der Waals surface area contributed by atoms with Crippen molar-refractivity contribution >= 4 is 44.6 Å². The first-order valence-electron chi connectivity index (χ1n) is 12.1. The molecule has 8 nitrogen and oxygen atoms in total. The minimum absolute atomic E-state index is 0.0691. The third-order valence-electron chi connectivity index (χ3n) is 5.81. The van der Waals surface area contributed by atoms with Gasteiger partial charge in [-0.05, 0) is 55.8 Å². The lowest BCUT2D eigenvalue weighted by Gasteiger charge is -2.25. The van der Waals surface area contributed by atoms with Crippen molar-refractivity contribution in [1.29, 1.82) is 0 Å². The first-order valence-corrected chi connectivity index (χ1v) is 14.4. The predicted octanol–water partition coefficient (Wildman–Crippen LogP) is 5.74. The van der Waals surface area contributed by atoms with E-state index in [9.17, 15) is 18.0 Å². The second-order valence-corrected chi connectivity index (χ2v) is 11.2. The molecule has 0 saturated heterocycles. The maximum absolute atomic E-state index is 14.3. The van der Waals surface area contributed by atoms with Crippen LogP contribution in [0.2, 0.25) is 0 Å². The fraction of sp³-hybridized carbons (Fsp3) is 0.172. The van der Waals surface area contributed by atoms with Gasteiger partial charge in [-0.15, -0.1) is 11.3 Å². The van der Waals surface area contributed by atoms with Crippen molar-refractivity contribution in [2.75, 3.05) is 29.9 Å². The van der Waals surface area contributed by atoms with Crippen molar-refractivity contribution in [1.82, 2.24) is 0 Å². The highest BCUT2D eigenvalue weighted by Crippen LogP contribution is 2.38. The van der Waals surface area contributed by atoms with E-state index in [1.165, 1.54) is 7.11 Å². The van der Waals surface area contributed by atoms with Crippen molar-refractivity contribution < 1.29 is 27.5 Å². The molecule has 39 heavy (non-hydrogen) atoms. The van der Waals surface area contributed by atoms with Crippen molar-refractivity contribution in [3.05, 3.63) is 94.7 Å². The van der Waals surface area contributed by atoms with Gasteiger partial charge >= 0.3 is 5.97 Å². The number of amides is 1. The zero-order valence-corrected chi connectivity index (χ0v) is 23.3. The number of esters is 1. The van der Waals surface area contributed by atoms with Gasteiger partial charge in [-0.25, -0.2) is 13.2 Å². The number of thiophene rings is 1. The Balaban J connectivity index is 1.77. The molecule has 0 aliphatic rings. The standard InChI is InChI=1S/C29H28N2O6S2/c1-4-37-24-16-12-22(13-17-24)30-26(32)18-31(23-14-10-20(2)11-15-23)39(34,35)28-25(21-8-6-5-7-9-21)19-38-27(28)29(33)36-3/h5-17,19H,4,18H2,1-3H3,(H,30,32). The highest BCUT2D eigenvalue weighted by Gasteiger charge is 2.35. The summed E-state index contributed by atoms with van der Waals surface area (Å²) in [7, 11) is -3.23. The summed E-state index contributed by atoms with van der Waals surface area (Å²) >= 11 is 0.980. The number of hydrogen-bond donors (Lipinski definition) is 1. The number of nitrogens with one attached hydrogen (secondary N) is 1. The van der Waals surface area contributed by atoms with Gasteiger partial charge in [-0.1, -0.05) is 48.0 Å². The Labute approximate surface area is 231 Å². The summed E-state index contributed by atoms with van der Waals surface area (Å²) in [5.41, 5.74) is 2.66. The quantitative estimate of drug-likeness (QED) is 0.246. The Morgan fingerprint density at radius 3 is 2.23 bits per heavy atom. The molecule has 1 aromatic heterocycles. The lowest BCUT2D eigenvalue weighted by atomic mass is 10.1. The van der Waals surface area contributed by atoms with Crippen molar-refractivity contribution in [3.8, 4) is 16.9 Å². The Morgan fingerprint density at radius 1 is 0.949 bits per heavy atom. The topological polar surface area (TPSA) is 102 Å². The predicted molar refractivity (Wildman–Crippen MR) is 153 cm³/mol. The molecule has 0 aliphatic heterocycles. The van der Waals surface area contributed by atoms with Crippen LogP contribution < -0.4 is 14.4 Å². The molecule has 4 aromatic rings. The number of aryl methyl sites for hydroxylation is 1. The van der Waals surface area contributed by atoms with E-state index in [0.717, 1.165) is 21.2 Å². The Morgan fingerprint density at radius 2 is 1.62 bits per heavy atom. The third kappa shape index (κ3) is 6.30. The van der Waals surface area contributed by atoms with E-state index in [1.54, 1.807) is 78.2 Å². The summed E-state index contributed by atoms with van der Waals surface area (Å²) in [5, 5.41) is 4.36. The van der Waals surface area contributed by atoms with Crippen LogP contribution in [0, 0.1) is 6.92 Å². The van der Waals surface area contributed by atoms with Crippen LogP contribution in [0.5, 0.6) is 5.75 Å². The number of sulfonamides is 1. The lowest BCUT2D eigenvalue weighted by molar-refractivity contribution is -0.114. The molecule has 0 atom stereocenters. The third-order valence-corrected chi connectivity index (χ3v) is 8.76. The number of methoxy groups -OCH3 is 1. The summed E-state index contributed by atoms with van der Waals surface area (Å²) in [4.78, 5) is 25.6. The highest BCUT2D eigenvalue weighted by atomic mass is 32.2. The van der Waals surface area contributed by atoms with Crippen LogP contribution in [0.25, 0.3) is 11.1 Å². The number of anilines is 2. The number of rotatable bonds is 10. The number of carbonyl (C=O) groups excluding carboxylic acids is 2. The number of benzene rings is 3. The first-order chi connectivity index (χ1) is 18.7. The van der Waals surface area contributed by atoms with Gasteiger partial charge in [-0.2, -0.15) is 0 Å². The molecule has 10 heteroatoms. The van der Waals surface area contributed by atoms with Crippen LogP contribution in [0.15, 0.2) is 89.1 Å². The smallest absolute Gasteiger partial charge is 0.349 e. The van der Waals surface area contributed by atoms with Crippen LogP contribution in [0.3, 0.4) is 0 Å². The molecule has 0 bridgehead atoms. The van der Waals surface area contributed by atoms with Gasteiger partial charge in [0, 0.05) is 16.6 Å². The van der Waals surface area contributed by atoms with Crippen molar-refractivity contribution in [2.45, 2.75) is 18.7 Å². The number of nitrogens with zero attached hydrogens (tertiary/aromatic N) is 1. The van der Waals surface area contributed by atoms with E-state index < -0.39 is 28.4 Å². The zero-order valence-electron chi connectivity index (χ0n) is 21.7. The molecule has 202 valence electrons. The first kappa shape index (κ1) is 27.9. The van der Waals surface area contributed by atoms with Crippen LogP contribution in [-0.4, -0.2) is 40.6 Å². The molecule has 4 rings (SSSR count). The molecular formula is C29H28N2O6S2. The lowest BCUT2D eigenvalue weighted by Crippen LogP contribution is -2.38. The van der Waals surface area contributed by atoms with E-state index in [4.69, 9.17) is 9.47 Å². The van der Waals surface area contributed by atoms with Gasteiger partial charge in [0.25, 0.3) is 10.0 Å². The molecule has 0 aliphatic carbocycles. The van der Waals surface area contributed by atoms with E-state index in [0.29, 0.717) is 29.2 Å². The second-order valence-electron chi connectivity index (χ2n) is 8.52. The average molecular weight is 565 g/mol. The molecule has 1 N–H and O–H groups in total. The minimum Gasteiger partial charge on any atom is -0.494 e. The van der Waals surface area contributed by atoms with E-state index in [-0.39, 0.29) is 15.5 Å². The van der Waals surface area contributed by atoms with Gasteiger partial charge in [0.05, 0.1) is 19.4 Å². The second kappa shape index (κ2) is 12.1. The molecule has 1 amide bonds. The molecule has 0 saturated carbocycles. The highest BCUT2D eigenvalue weighted by molar-refractivity contribution is 7.93. The van der Waals surface area contributed by atoms with Gasteiger partial charge in [0.1, 0.15) is 22.1 Å². The normalized spacial score (nSPS) is 11.1. The van der Waals surface area contributed by atoms with E-state index in [2.05, 4.69) is 5.32 Å². The summed E-state index contributed by atoms with van der Waals surface area (Å²) < 4.78 is 40.0. The minimum atomic E-state index is -4.43. The fourth-order valence-corrected chi connectivity index (χ4v) is 7.02. The summed E-state index contributed by atoms with van der Waals surface area (Å²) in [6.07, 6.45) is 0. The molecular weight excluding hydrogens is 536 g/mol. The van der Waals surface area contributed by atoms with E-state index >= 15 is 0 Å². The molecule has 0 radical (unpaired) electrons. The van der Waals surface area contributed by atoms with Crippen LogP contribution in [0.4, 0.5) is 11.4 Å².